The maximum Gasteiger partial charge on any atom is 0.415 e. The number of amides is 2. The van der Waals surface area contributed by atoms with E-state index < -0.39 is 35.3 Å². The van der Waals surface area contributed by atoms with Gasteiger partial charge in [0.2, 0.25) is 0 Å². The lowest BCUT2D eigenvalue weighted by atomic mass is 9.91. The van der Waals surface area contributed by atoms with Crippen LogP contribution in [0.3, 0.4) is 0 Å². The summed E-state index contributed by atoms with van der Waals surface area (Å²) in [5.41, 5.74) is 0.251. The number of alkyl carbamates (subject to hydrolysis) is 1. The van der Waals surface area contributed by atoms with Gasteiger partial charge < -0.3 is 34.1 Å². The smallest absolute Gasteiger partial charge is 0.415 e. The van der Waals surface area contributed by atoms with E-state index in [0.717, 1.165) is 42.1 Å². The Morgan fingerprint density at radius 1 is 1.09 bits per heavy atom. The number of methoxy groups -OCH3 is 1. The number of fused-ring (bicyclic) bond motifs is 7. The quantitative estimate of drug-likeness (QED) is 0.236. The van der Waals surface area contributed by atoms with E-state index in [4.69, 9.17) is 33.9 Å². The number of aryl methyl sites for hydroxylation is 1. The molecule has 0 saturated carbocycles. The molecule has 4 saturated heterocycles. The number of alkyl halides is 1. The fraction of sp³-hybridized carbons (Fsp3) is 0.548. The molecule has 0 spiro atoms. The highest BCUT2D eigenvalue weighted by molar-refractivity contribution is 6.02. The number of nitrogens with zero attached hydrogens (tertiary/aromatic N) is 6. The lowest BCUT2D eigenvalue weighted by Gasteiger charge is -2.41. The van der Waals surface area contributed by atoms with Crippen LogP contribution in [0.2, 0.25) is 0 Å². The van der Waals surface area contributed by atoms with Crippen LogP contribution in [-0.4, -0.2) is 120 Å². The molecule has 0 radical (unpaired) electrons. The molecule has 0 aliphatic carbocycles. The van der Waals surface area contributed by atoms with Gasteiger partial charge in [-0.1, -0.05) is 18.2 Å². The number of piperidine rings is 2. The van der Waals surface area contributed by atoms with Gasteiger partial charge >= 0.3 is 18.2 Å². The number of benzene rings is 2. The third-order valence-corrected chi connectivity index (χ3v) is 12.6. The van der Waals surface area contributed by atoms with Crippen LogP contribution in [0.25, 0.3) is 32.9 Å². The Balaban J connectivity index is 1.17. The Hall–Kier alpha value is -4.89. The van der Waals surface area contributed by atoms with Gasteiger partial charge in [-0.25, -0.2) is 18.4 Å². The molecule has 2 aromatic carbocycles. The fourth-order valence-electron chi connectivity index (χ4n) is 9.77. The second-order valence-electron chi connectivity index (χ2n) is 16.6. The van der Waals surface area contributed by atoms with Gasteiger partial charge in [-0.15, -0.1) is 0 Å². The van der Waals surface area contributed by atoms with Crippen molar-refractivity contribution in [1.82, 2.24) is 30.1 Å². The maximum absolute atomic E-state index is 17.5. The fourth-order valence-corrected chi connectivity index (χ4v) is 9.77. The van der Waals surface area contributed by atoms with Crippen molar-refractivity contribution in [3.63, 3.8) is 0 Å². The summed E-state index contributed by atoms with van der Waals surface area (Å²) in [5, 5.41) is 4.94. The number of anilines is 1. The first kappa shape index (κ1) is 37.7. The zero-order valence-electron chi connectivity index (χ0n) is 32.5. The molecular weight excluding hydrogens is 737 g/mol. The minimum absolute atomic E-state index is 0.0138. The molecule has 4 fully saturated rings. The average molecular weight is 786 g/mol. The van der Waals surface area contributed by atoms with Crippen molar-refractivity contribution >= 4 is 39.7 Å². The van der Waals surface area contributed by atoms with E-state index in [0.29, 0.717) is 88.0 Å². The van der Waals surface area contributed by atoms with E-state index in [2.05, 4.69) is 10.2 Å². The number of rotatable bonds is 5. The molecule has 10 rings (SSSR count). The van der Waals surface area contributed by atoms with Crippen molar-refractivity contribution in [3.8, 4) is 23.0 Å². The van der Waals surface area contributed by atoms with E-state index in [1.807, 2.05) is 30.0 Å². The van der Waals surface area contributed by atoms with Crippen LogP contribution in [-0.2, 0) is 15.9 Å². The molecule has 15 heteroatoms. The molecule has 2 aromatic heterocycles. The molecule has 57 heavy (non-hydrogen) atoms. The normalized spacial score (nSPS) is 25.8. The summed E-state index contributed by atoms with van der Waals surface area (Å²) in [7, 11) is 1.67. The highest BCUT2D eigenvalue weighted by Gasteiger charge is 2.49. The SMILES string of the molecule is COC1CCN(C(=O)Oc2cc3c4c(cccc4c2)CCCOC(=O)N[C@]2(C)CCCN(C2)c2nc(OC[C@@]45CCCN4C[C@H](F)C5)nc4c(F)c-3ncc24)CC1. The second-order valence-corrected chi connectivity index (χ2v) is 16.6. The summed E-state index contributed by atoms with van der Waals surface area (Å²) in [6.45, 7) is 5.46. The largest absolute Gasteiger partial charge is 0.461 e. The minimum atomic E-state index is -0.938. The zero-order valence-corrected chi connectivity index (χ0v) is 32.5. The Morgan fingerprint density at radius 3 is 2.77 bits per heavy atom. The number of carbonyl (C=O) groups excluding carboxylic acids is 2. The Bertz CT molecular complexity index is 2200. The van der Waals surface area contributed by atoms with Gasteiger partial charge in [-0.3, -0.25) is 9.88 Å². The van der Waals surface area contributed by atoms with E-state index in [1.165, 1.54) is 0 Å². The average Bonchev–Trinajstić information content (AvgIpc) is 3.73. The lowest BCUT2D eigenvalue weighted by molar-refractivity contribution is 0.0435. The molecule has 3 atom stereocenters. The number of nitrogens with one attached hydrogen (secondary N) is 1. The highest BCUT2D eigenvalue weighted by atomic mass is 19.1. The topological polar surface area (TPSA) is 131 Å². The number of hydrogen-bond acceptors (Lipinski definition) is 11. The second kappa shape index (κ2) is 15.1. The van der Waals surface area contributed by atoms with Crippen LogP contribution in [0.15, 0.2) is 36.5 Å². The van der Waals surface area contributed by atoms with Crippen molar-refractivity contribution in [2.24, 2.45) is 0 Å². The monoisotopic (exact) mass is 785 g/mol. The van der Waals surface area contributed by atoms with Crippen LogP contribution in [0.4, 0.5) is 24.2 Å². The van der Waals surface area contributed by atoms with Gasteiger partial charge in [-0.2, -0.15) is 9.97 Å². The predicted molar refractivity (Wildman–Crippen MR) is 209 cm³/mol. The van der Waals surface area contributed by atoms with Crippen LogP contribution in [0, 0.1) is 5.82 Å². The number of likely N-dealkylation sites (tertiary alicyclic amines) is 1. The number of pyridine rings is 1. The van der Waals surface area contributed by atoms with Crippen LogP contribution in [0.1, 0.15) is 63.9 Å². The summed E-state index contributed by atoms with van der Waals surface area (Å²) in [4.78, 5) is 46.8. The summed E-state index contributed by atoms with van der Waals surface area (Å²) < 4.78 is 55.8. The van der Waals surface area contributed by atoms with Gasteiger partial charge in [0.05, 0.1) is 29.2 Å². The van der Waals surface area contributed by atoms with Crippen molar-refractivity contribution in [2.75, 3.05) is 64.5 Å². The third kappa shape index (κ3) is 7.28. The predicted octanol–water partition coefficient (Wildman–Crippen LogP) is 6.58. The summed E-state index contributed by atoms with van der Waals surface area (Å²) >= 11 is 0. The van der Waals surface area contributed by atoms with Gasteiger partial charge in [-0.05, 0) is 93.3 Å². The number of ether oxygens (including phenoxy) is 4. The molecule has 4 aromatic rings. The molecule has 6 bridgehead atoms. The van der Waals surface area contributed by atoms with Crippen molar-refractivity contribution < 1.29 is 37.3 Å². The first-order chi connectivity index (χ1) is 27.6. The van der Waals surface area contributed by atoms with Gasteiger partial charge in [0.15, 0.2) is 5.82 Å². The first-order valence-corrected chi connectivity index (χ1v) is 20.2. The van der Waals surface area contributed by atoms with E-state index >= 15 is 4.39 Å². The zero-order chi connectivity index (χ0) is 39.3. The van der Waals surface area contributed by atoms with Crippen molar-refractivity contribution in [1.29, 1.82) is 0 Å². The Morgan fingerprint density at radius 2 is 1.93 bits per heavy atom. The van der Waals surface area contributed by atoms with E-state index in [1.54, 1.807) is 30.3 Å². The first-order valence-electron chi connectivity index (χ1n) is 20.2. The number of hydrogen-bond donors (Lipinski definition) is 1. The molecule has 6 aliphatic heterocycles. The minimum Gasteiger partial charge on any atom is -0.461 e. The maximum atomic E-state index is 17.5. The number of aromatic nitrogens is 3. The number of halogens is 2. The number of carbonyl (C=O) groups is 2. The molecular formula is C42H49F2N7O6. The van der Waals surface area contributed by atoms with Crippen LogP contribution >= 0.6 is 0 Å². The highest BCUT2D eigenvalue weighted by Crippen LogP contribution is 2.42. The molecule has 2 amide bonds. The molecule has 6 aliphatic rings. The van der Waals surface area contributed by atoms with Gasteiger partial charge in [0, 0.05) is 58.0 Å². The van der Waals surface area contributed by atoms with Gasteiger partial charge in [0.1, 0.15) is 35.6 Å². The standard InChI is InChI=1S/C42H49F2N7O6/c1-41-12-5-14-50(24-41)37-32-22-45-35(34(44)36(32)46-38(47-37)56-25-42-13-6-15-51(42)23-28(43)21-42)31-20-30(57-40(53)49-16-10-29(54-2)11-17-49)19-27-8-3-7-26(33(27)31)9-4-18-55-39(52)48-41/h3,7-8,19-20,22,28-29H,4-6,9-18,21,23-25H2,1-2H3,(H,48,52)/t28-,41-,42+/m1/s1. The summed E-state index contributed by atoms with van der Waals surface area (Å²) in [5.74, 6) is 0.0106. The molecule has 8 heterocycles. The molecule has 13 nitrogen and oxygen atoms in total. The lowest BCUT2D eigenvalue weighted by Crippen LogP contribution is -2.57. The third-order valence-electron chi connectivity index (χ3n) is 12.6. The molecule has 0 unspecified atom stereocenters. The summed E-state index contributed by atoms with van der Waals surface area (Å²) in [6, 6.07) is 9.20. The van der Waals surface area contributed by atoms with E-state index in [9.17, 15) is 14.0 Å². The van der Waals surface area contributed by atoms with E-state index in [-0.39, 0.29) is 42.3 Å². The summed E-state index contributed by atoms with van der Waals surface area (Å²) in [6.07, 6.45) is 5.75. The Labute approximate surface area is 330 Å². The van der Waals surface area contributed by atoms with Crippen molar-refractivity contribution in [3.05, 3.63) is 47.9 Å². The van der Waals surface area contributed by atoms with Crippen LogP contribution in [0.5, 0.6) is 11.8 Å². The van der Waals surface area contributed by atoms with Gasteiger partial charge in [0.25, 0.3) is 0 Å². The molecule has 302 valence electrons. The Kier molecular flexibility index (Phi) is 10.00. The molecule has 1 N–H and O–H groups in total. The van der Waals surface area contributed by atoms with Crippen molar-refractivity contribution in [2.45, 2.75) is 88.1 Å². The van der Waals surface area contributed by atoms with Crippen LogP contribution < -0.4 is 19.7 Å².